The van der Waals surface area contributed by atoms with Gasteiger partial charge in [-0.15, -0.1) is 10.2 Å². The summed E-state index contributed by atoms with van der Waals surface area (Å²) in [4.78, 5) is 26.9. The van der Waals surface area contributed by atoms with Crippen LogP contribution in [0.4, 0.5) is 5.69 Å². The molecule has 2 heterocycles. The van der Waals surface area contributed by atoms with Gasteiger partial charge in [0.25, 0.3) is 0 Å². The Labute approximate surface area is 198 Å². The first-order valence-corrected chi connectivity index (χ1v) is 12.1. The van der Waals surface area contributed by atoms with Crippen molar-refractivity contribution in [1.82, 2.24) is 19.7 Å². The van der Waals surface area contributed by atoms with Crippen LogP contribution in [0.1, 0.15) is 48.4 Å². The summed E-state index contributed by atoms with van der Waals surface area (Å²) in [6, 6.07) is 17.2. The monoisotopic (exact) mass is 463 g/mol. The summed E-state index contributed by atoms with van der Waals surface area (Å²) >= 11 is 1.40. The van der Waals surface area contributed by atoms with Gasteiger partial charge in [0.05, 0.1) is 18.3 Å². The Balaban J connectivity index is 1.49. The van der Waals surface area contributed by atoms with Gasteiger partial charge in [-0.1, -0.05) is 54.2 Å². The van der Waals surface area contributed by atoms with Gasteiger partial charge >= 0.3 is 0 Å². The van der Waals surface area contributed by atoms with E-state index in [1.165, 1.54) is 37.1 Å². The molecule has 0 bridgehead atoms. The molecule has 0 spiro atoms. The zero-order valence-electron chi connectivity index (χ0n) is 19.0. The van der Waals surface area contributed by atoms with E-state index in [1.54, 1.807) is 24.3 Å². The summed E-state index contributed by atoms with van der Waals surface area (Å²) in [7, 11) is 0. The summed E-state index contributed by atoms with van der Waals surface area (Å²) in [5, 5.41) is 12.2. The van der Waals surface area contributed by atoms with Gasteiger partial charge in [-0.25, -0.2) is 0 Å². The number of hydrogen-bond acceptors (Lipinski definition) is 6. The number of thioether (sulfide) groups is 1. The normalized spacial score (nSPS) is 14.8. The summed E-state index contributed by atoms with van der Waals surface area (Å²) in [6.45, 7) is 6.96. The van der Waals surface area contributed by atoms with Crippen molar-refractivity contribution in [3.05, 3.63) is 71.5 Å². The SMILES string of the molecule is CC(=O)c1cccc(NC(=O)[C@@H](C)Sc2nnc(CN3CCCC3)n2Cc2ccccc2)c1. The highest BCUT2D eigenvalue weighted by Crippen LogP contribution is 2.26. The van der Waals surface area contributed by atoms with E-state index in [-0.39, 0.29) is 16.9 Å². The van der Waals surface area contributed by atoms with Crippen molar-refractivity contribution in [2.24, 2.45) is 0 Å². The Morgan fingerprint density at radius 2 is 1.79 bits per heavy atom. The zero-order valence-corrected chi connectivity index (χ0v) is 19.8. The Bertz CT molecular complexity index is 1110. The van der Waals surface area contributed by atoms with Crippen LogP contribution in [0.15, 0.2) is 59.8 Å². The molecule has 7 nitrogen and oxygen atoms in total. The first-order valence-electron chi connectivity index (χ1n) is 11.3. The number of nitrogens with one attached hydrogen (secondary N) is 1. The minimum Gasteiger partial charge on any atom is -0.325 e. The fourth-order valence-electron chi connectivity index (χ4n) is 3.86. The number of ketones is 1. The molecule has 1 aliphatic heterocycles. The van der Waals surface area contributed by atoms with Crippen molar-refractivity contribution in [3.63, 3.8) is 0 Å². The van der Waals surface area contributed by atoms with Gasteiger partial charge in [0.2, 0.25) is 5.91 Å². The van der Waals surface area contributed by atoms with Gasteiger partial charge in [0.15, 0.2) is 10.9 Å². The standard InChI is InChI=1S/C25H29N5O2S/c1-18(31)21-11-8-12-22(15-21)26-24(32)19(2)33-25-28-27-23(17-29-13-6-7-14-29)30(25)16-20-9-4-3-5-10-20/h3-5,8-12,15,19H,6-7,13-14,16-17H2,1-2H3,(H,26,32)/t19-/m1/s1. The first kappa shape index (κ1) is 23.2. The Hall–Kier alpha value is -2.97. The maximum Gasteiger partial charge on any atom is 0.237 e. The predicted molar refractivity (Wildman–Crippen MR) is 130 cm³/mol. The number of amides is 1. The molecule has 1 N–H and O–H groups in total. The van der Waals surface area contributed by atoms with Crippen molar-refractivity contribution in [1.29, 1.82) is 0 Å². The number of carbonyl (C=O) groups excluding carboxylic acids is 2. The minimum atomic E-state index is -0.385. The van der Waals surface area contributed by atoms with Gasteiger partial charge in [-0.2, -0.15) is 0 Å². The largest absolute Gasteiger partial charge is 0.325 e. The van der Waals surface area contributed by atoms with Crippen LogP contribution < -0.4 is 5.32 Å². The van der Waals surface area contributed by atoms with Crippen LogP contribution >= 0.6 is 11.8 Å². The van der Waals surface area contributed by atoms with E-state index < -0.39 is 0 Å². The number of nitrogens with zero attached hydrogens (tertiary/aromatic N) is 4. The molecule has 8 heteroatoms. The summed E-state index contributed by atoms with van der Waals surface area (Å²) in [5.41, 5.74) is 2.35. The third-order valence-electron chi connectivity index (χ3n) is 5.73. The van der Waals surface area contributed by atoms with Crippen molar-refractivity contribution >= 4 is 29.1 Å². The van der Waals surface area contributed by atoms with Gasteiger partial charge < -0.3 is 9.88 Å². The van der Waals surface area contributed by atoms with Gasteiger partial charge in [0.1, 0.15) is 5.82 Å². The number of anilines is 1. The second-order valence-electron chi connectivity index (χ2n) is 8.34. The molecule has 0 unspecified atom stereocenters. The molecular formula is C25H29N5O2S. The maximum absolute atomic E-state index is 12.9. The Morgan fingerprint density at radius 3 is 2.52 bits per heavy atom. The zero-order chi connectivity index (χ0) is 23.2. The maximum atomic E-state index is 12.9. The van der Waals surface area contributed by atoms with Crippen molar-refractivity contribution in [3.8, 4) is 0 Å². The number of Topliss-reactive ketones (excluding diaryl/α,β-unsaturated/α-hetero) is 1. The predicted octanol–water partition coefficient (Wildman–Crippen LogP) is 4.24. The quantitative estimate of drug-likeness (QED) is 0.378. The lowest BCUT2D eigenvalue weighted by Crippen LogP contribution is -2.24. The molecule has 4 rings (SSSR count). The highest BCUT2D eigenvalue weighted by atomic mass is 32.2. The Kier molecular flexibility index (Phi) is 7.57. The molecule has 0 saturated carbocycles. The summed E-state index contributed by atoms with van der Waals surface area (Å²) in [6.07, 6.45) is 2.44. The molecule has 33 heavy (non-hydrogen) atoms. The molecule has 3 aromatic rings. The van der Waals surface area contributed by atoms with E-state index in [1.807, 2.05) is 25.1 Å². The number of benzene rings is 2. The second kappa shape index (κ2) is 10.8. The van der Waals surface area contributed by atoms with E-state index in [0.29, 0.717) is 17.8 Å². The topological polar surface area (TPSA) is 80.1 Å². The van der Waals surface area contributed by atoms with Crippen LogP contribution in [0.25, 0.3) is 0 Å². The van der Waals surface area contributed by atoms with Crippen molar-refractivity contribution in [2.45, 2.75) is 50.2 Å². The molecule has 1 aromatic heterocycles. The average molecular weight is 464 g/mol. The molecule has 1 aliphatic rings. The summed E-state index contributed by atoms with van der Waals surface area (Å²) in [5.74, 6) is 0.745. The lowest BCUT2D eigenvalue weighted by Gasteiger charge is -2.17. The van der Waals surface area contributed by atoms with Crippen LogP contribution in [-0.4, -0.2) is 49.7 Å². The van der Waals surface area contributed by atoms with E-state index in [0.717, 1.165) is 30.6 Å². The average Bonchev–Trinajstić information content (AvgIpc) is 3.46. The molecule has 172 valence electrons. The molecule has 1 atom stereocenters. The Morgan fingerprint density at radius 1 is 1.03 bits per heavy atom. The lowest BCUT2D eigenvalue weighted by atomic mass is 10.1. The van der Waals surface area contributed by atoms with Gasteiger partial charge in [-0.05, 0) is 57.5 Å². The van der Waals surface area contributed by atoms with E-state index in [4.69, 9.17) is 0 Å². The van der Waals surface area contributed by atoms with Crippen molar-refractivity contribution < 1.29 is 9.59 Å². The van der Waals surface area contributed by atoms with Crippen LogP contribution in [0.5, 0.6) is 0 Å². The fourth-order valence-corrected chi connectivity index (χ4v) is 4.73. The molecule has 1 fully saturated rings. The van der Waals surface area contributed by atoms with E-state index in [2.05, 4.69) is 37.1 Å². The minimum absolute atomic E-state index is 0.0342. The first-order chi connectivity index (χ1) is 16.0. The third kappa shape index (κ3) is 6.09. The van der Waals surface area contributed by atoms with Gasteiger partial charge in [-0.3, -0.25) is 14.5 Å². The highest BCUT2D eigenvalue weighted by Gasteiger charge is 2.22. The lowest BCUT2D eigenvalue weighted by molar-refractivity contribution is -0.115. The molecule has 0 radical (unpaired) electrons. The van der Waals surface area contributed by atoms with E-state index in [9.17, 15) is 9.59 Å². The van der Waals surface area contributed by atoms with Crippen molar-refractivity contribution in [2.75, 3.05) is 18.4 Å². The van der Waals surface area contributed by atoms with E-state index >= 15 is 0 Å². The molecular weight excluding hydrogens is 434 g/mol. The molecule has 1 saturated heterocycles. The van der Waals surface area contributed by atoms with Crippen LogP contribution in [0, 0.1) is 0 Å². The highest BCUT2D eigenvalue weighted by molar-refractivity contribution is 8.00. The fraction of sp³-hybridized carbons (Fsp3) is 0.360. The number of aromatic nitrogens is 3. The summed E-state index contributed by atoms with van der Waals surface area (Å²) < 4.78 is 2.12. The van der Waals surface area contributed by atoms with Crippen LogP contribution in [0.3, 0.4) is 0 Å². The van der Waals surface area contributed by atoms with Gasteiger partial charge in [0, 0.05) is 11.3 Å². The smallest absolute Gasteiger partial charge is 0.237 e. The number of carbonyl (C=O) groups is 2. The van der Waals surface area contributed by atoms with Crippen LogP contribution in [-0.2, 0) is 17.9 Å². The second-order valence-corrected chi connectivity index (χ2v) is 9.65. The number of likely N-dealkylation sites (tertiary alicyclic amines) is 1. The number of hydrogen-bond donors (Lipinski definition) is 1. The molecule has 2 aromatic carbocycles. The molecule has 0 aliphatic carbocycles. The number of rotatable bonds is 9. The van der Waals surface area contributed by atoms with Crippen LogP contribution in [0.2, 0.25) is 0 Å². The third-order valence-corrected chi connectivity index (χ3v) is 6.81. The molecule has 1 amide bonds.